The van der Waals surface area contributed by atoms with E-state index in [2.05, 4.69) is 15.6 Å². The van der Waals surface area contributed by atoms with Gasteiger partial charge >= 0.3 is 0 Å². The third-order valence-corrected chi connectivity index (χ3v) is 2.76. The maximum Gasteiger partial charge on any atom is 0.270 e. The largest absolute Gasteiger partial charge is 0.361 e. The van der Waals surface area contributed by atoms with Gasteiger partial charge in [0.1, 0.15) is 5.82 Å². The Labute approximate surface area is 121 Å². The Morgan fingerprint density at radius 3 is 2.76 bits per heavy atom. The second-order valence-electron chi connectivity index (χ2n) is 4.91. The molecule has 0 fully saturated rings. The number of carbonyl (C=O) groups is 1. The lowest BCUT2D eigenvalue weighted by atomic mass is 10.2. The van der Waals surface area contributed by atoms with Crippen LogP contribution >= 0.6 is 0 Å². The van der Waals surface area contributed by atoms with Crippen LogP contribution < -0.4 is 10.6 Å². The zero-order chi connectivity index (χ0) is 15.4. The molecule has 0 saturated heterocycles. The number of fused-ring (bicyclic) bond motifs is 1. The first kappa shape index (κ1) is 14.7. The Hall–Kier alpha value is -2.70. The van der Waals surface area contributed by atoms with Gasteiger partial charge in [-0.15, -0.1) is 0 Å². The number of nitrogens with one attached hydrogen (secondary N) is 2. The number of rotatable bonds is 5. The summed E-state index contributed by atoms with van der Waals surface area (Å²) in [6.45, 7) is 3.90. The summed E-state index contributed by atoms with van der Waals surface area (Å²) in [6, 6.07) is 7.98. The van der Waals surface area contributed by atoms with Crippen LogP contribution in [0.4, 0.5) is 11.5 Å². The molecule has 0 atom stereocenters. The van der Waals surface area contributed by atoms with Gasteiger partial charge in [-0.05, 0) is 32.0 Å². The molecule has 0 aliphatic rings. The van der Waals surface area contributed by atoms with E-state index >= 15 is 0 Å². The highest BCUT2D eigenvalue weighted by molar-refractivity contribution is 5.84. The molecule has 1 aromatic carbocycles. The maximum atomic E-state index is 11.5. The fourth-order valence-corrected chi connectivity index (χ4v) is 1.87. The van der Waals surface area contributed by atoms with Crippen LogP contribution in [0.5, 0.6) is 0 Å². The highest BCUT2D eigenvalue weighted by Crippen LogP contribution is 2.20. The molecule has 2 aromatic rings. The Morgan fingerprint density at radius 2 is 2.10 bits per heavy atom. The molecule has 0 aliphatic carbocycles. The summed E-state index contributed by atoms with van der Waals surface area (Å²) in [4.78, 5) is 26.1. The van der Waals surface area contributed by atoms with E-state index in [1.54, 1.807) is 18.2 Å². The van der Waals surface area contributed by atoms with Crippen molar-refractivity contribution in [2.24, 2.45) is 0 Å². The minimum atomic E-state index is -0.443. The second kappa shape index (κ2) is 6.17. The number of non-ortho nitro benzene ring substituents is 1. The maximum absolute atomic E-state index is 11.5. The van der Waals surface area contributed by atoms with Crippen LogP contribution in [0.2, 0.25) is 0 Å². The van der Waals surface area contributed by atoms with Gasteiger partial charge in [-0.1, -0.05) is 0 Å². The van der Waals surface area contributed by atoms with Gasteiger partial charge in [-0.25, -0.2) is 4.98 Å². The normalized spacial score (nSPS) is 10.6. The number of hydrogen-bond donors (Lipinski definition) is 2. The number of benzene rings is 1. The third kappa shape index (κ3) is 3.88. The number of amides is 1. The number of carbonyl (C=O) groups excluding carboxylic acids is 1. The number of hydrogen-bond acceptors (Lipinski definition) is 5. The third-order valence-electron chi connectivity index (χ3n) is 2.76. The average Bonchev–Trinajstić information content (AvgIpc) is 2.43. The summed E-state index contributed by atoms with van der Waals surface area (Å²) in [5.41, 5.74) is 0.663. The van der Waals surface area contributed by atoms with Crippen LogP contribution in [0.3, 0.4) is 0 Å². The van der Waals surface area contributed by atoms with Gasteiger partial charge in [-0.3, -0.25) is 14.9 Å². The van der Waals surface area contributed by atoms with Crippen molar-refractivity contribution in [3.63, 3.8) is 0 Å². The highest BCUT2D eigenvalue weighted by Gasteiger charge is 2.08. The molecule has 0 aliphatic heterocycles. The lowest BCUT2D eigenvalue weighted by Crippen LogP contribution is -2.34. The van der Waals surface area contributed by atoms with E-state index < -0.39 is 4.92 Å². The SMILES string of the molecule is CC(C)NC(=O)CNc1ccc2cc([N+](=O)[O-])ccc2n1. The zero-order valence-electron chi connectivity index (χ0n) is 11.8. The quantitative estimate of drug-likeness (QED) is 0.648. The molecule has 1 heterocycles. The van der Waals surface area contributed by atoms with Crippen molar-refractivity contribution in [2.45, 2.75) is 19.9 Å². The molecule has 7 heteroatoms. The fraction of sp³-hybridized carbons (Fsp3) is 0.286. The smallest absolute Gasteiger partial charge is 0.270 e. The van der Waals surface area contributed by atoms with Gasteiger partial charge in [0.2, 0.25) is 5.91 Å². The van der Waals surface area contributed by atoms with Gasteiger partial charge in [0.25, 0.3) is 5.69 Å². The first-order chi connectivity index (χ1) is 9.95. The van der Waals surface area contributed by atoms with Crippen molar-refractivity contribution in [1.82, 2.24) is 10.3 Å². The molecule has 1 aromatic heterocycles. The molecule has 0 unspecified atom stereocenters. The molecule has 2 N–H and O–H groups in total. The molecule has 110 valence electrons. The fourth-order valence-electron chi connectivity index (χ4n) is 1.87. The van der Waals surface area contributed by atoms with E-state index in [0.717, 1.165) is 0 Å². The molecular formula is C14H16N4O3. The summed E-state index contributed by atoms with van der Waals surface area (Å²) in [5.74, 6) is 0.436. The van der Waals surface area contributed by atoms with Gasteiger partial charge in [0, 0.05) is 23.6 Å². The van der Waals surface area contributed by atoms with E-state index in [0.29, 0.717) is 16.7 Å². The van der Waals surface area contributed by atoms with Crippen molar-refractivity contribution < 1.29 is 9.72 Å². The Balaban J connectivity index is 2.11. The Morgan fingerprint density at radius 1 is 1.33 bits per heavy atom. The topological polar surface area (TPSA) is 97.2 Å². The van der Waals surface area contributed by atoms with Crippen LogP contribution in [0.1, 0.15) is 13.8 Å². The predicted octanol–water partition coefficient (Wildman–Crippen LogP) is 2.08. The zero-order valence-corrected chi connectivity index (χ0v) is 11.8. The van der Waals surface area contributed by atoms with Gasteiger partial charge in [0.05, 0.1) is 17.0 Å². The monoisotopic (exact) mass is 288 g/mol. The number of anilines is 1. The van der Waals surface area contributed by atoms with Crippen LogP contribution in [0.15, 0.2) is 30.3 Å². The van der Waals surface area contributed by atoms with Crippen LogP contribution in [-0.2, 0) is 4.79 Å². The molecule has 21 heavy (non-hydrogen) atoms. The summed E-state index contributed by atoms with van der Waals surface area (Å²) >= 11 is 0. The summed E-state index contributed by atoms with van der Waals surface area (Å²) in [5, 5.41) is 17.1. The molecule has 0 bridgehead atoms. The van der Waals surface area contributed by atoms with Crippen LogP contribution in [-0.4, -0.2) is 28.4 Å². The summed E-state index contributed by atoms with van der Waals surface area (Å²) in [7, 11) is 0. The van der Waals surface area contributed by atoms with Crippen molar-refractivity contribution in [2.75, 3.05) is 11.9 Å². The van der Waals surface area contributed by atoms with E-state index in [4.69, 9.17) is 0 Å². The first-order valence-electron chi connectivity index (χ1n) is 6.54. The minimum Gasteiger partial charge on any atom is -0.361 e. The molecular weight excluding hydrogens is 272 g/mol. The molecule has 7 nitrogen and oxygen atoms in total. The molecule has 2 rings (SSSR count). The van der Waals surface area contributed by atoms with Crippen LogP contribution in [0, 0.1) is 10.1 Å². The number of nitrogens with zero attached hydrogens (tertiary/aromatic N) is 2. The molecule has 0 spiro atoms. The van der Waals surface area contributed by atoms with Gasteiger partial charge in [-0.2, -0.15) is 0 Å². The number of pyridine rings is 1. The van der Waals surface area contributed by atoms with Gasteiger partial charge < -0.3 is 10.6 Å². The number of nitro groups is 1. The number of nitro benzene ring substituents is 1. The summed E-state index contributed by atoms with van der Waals surface area (Å²) in [6.07, 6.45) is 0. The lowest BCUT2D eigenvalue weighted by Gasteiger charge is -2.10. The van der Waals surface area contributed by atoms with E-state index in [1.165, 1.54) is 12.1 Å². The Kier molecular flexibility index (Phi) is 4.32. The second-order valence-corrected chi connectivity index (χ2v) is 4.91. The van der Waals surface area contributed by atoms with Crippen molar-refractivity contribution in [3.05, 3.63) is 40.4 Å². The first-order valence-corrected chi connectivity index (χ1v) is 6.54. The van der Waals surface area contributed by atoms with Gasteiger partial charge in [0.15, 0.2) is 0 Å². The standard InChI is InChI=1S/C14H16N4O3/c1-9(2)16-14(19)8-15-13-6-3-10-7-11(18(20)21)4-5-12(10)17-13/h3-7,9H,8H2,1-2H3,(H,15,17)(H,16,19). The summed E-state index contributed by atoms with van der Waals surface area (Å²) < 4.78 is 0. The van der Waals surface area contributed by atoms with E-state index in [9.17, 15) is 14.9 Å². The number of aromatic nitrogens is 1. The molecule has 0 saturated carbocycles. The van der Waals surface area contributed by atoms with E-state index in [-0.39, 0.29) is 24.2 Å². The molecule has 1 amide bonds. The minimum absolute atomic E-state index is 0.0290. The highest BCUT2D eigenvalue weighted by atomic mass is 16.6. The predicted molar refractivity (Wildman–Crippen MR) is 80.2 cm³/mol. The van der Waals surface area contributed by atoms with Crippen molar-refractivity contribution in [3.8, 4) is 0 Å². The van der Waals surface area contributed by atoms with Crippen LogP contribution in [0.25, 0.3) is 10.9 Å². The van der Waals surface area contributed by atoms with Crippen molar-refractivity contribution in [1.29, 1.82) is 0 Å². The Bertz CT molecular complexity index is 685. The average molecular weight is 288 g/mol. The van der Waals surface area contributed by atoms with Crippen molar-refractivity contribution >= 4 is 28.3 Å². The molecule has 0 radical (unpaired) electrons. The van der Waals surface area contributed by atoms with E-state index in [1.807, 2.05) is 13.8 Å². The lowest BCUT2D eigenvalue weighted by molar-refractivity contribution is -0.384.